The zero-order valence-electron chi connectivity index (χ0n) is 19.3. The second kappa shape index (κ2) is 12.0. The number of nitrogens with one attached hydrogen (secondary N) is 1. The van der Waals surface area contributed by atoms with E-state index in [9.17, 15) is 9.59 Å². The molecule has 32 heavy (non-hydrogen) atoms. The topological polar surface area (TPSA) is 58.6 Å². The Bertz CT molecular complexity index is 894. The van der Waals surface area contributed by atoms with Gasteiger partial charge in [0.25, 0.3) is 0 Å². The van der Waals surface area contributed by atoms with Gasteiger partial charge >= 0.3 is 0 Å². The fourth-order valence-electron chi connectivity index (χ4n) is 4.12. The highest BCUT2D eigenvalue weighted by Crippen LogP contribution is 2.23. The molecule has 1 aliphatic carbocycles. The van der Waals surface area contributed by atoms with Crippen LogP contribution in [0.4, 0.5) is 0 Å². The Morgan fingerprint density at radius 2 is 1.88 bits per heavy atom. The molecule has 1 atom stereocenters. The SMILES string of the molecule is CCC(C(=O)NC1CCCC1)N(Cc1cccc(OC)c1)C(=O)CSc1ccc(C)cc1. The molecule has 1 fully saturated rings. The molecule has 0 heterocycles. The average molecular weight is 455 g/mol. The van der Waals surface area contributed by atoms with Gasteiger partial charge in [-0.25, -0.2) is 0 Å². The Hall–Kier alpha value is -2.47. The van der Waals surface area contributed by atoms with Crippen molar-refractivity contribution < 1.29 is 14.3 Å². The maximum Gasteiger partial charge on any atom is 0.243 e. The van der Waals surface area contributed by atoms with Crippen LogP contribution in [0.3, 0.4) is 0 Å². The lowest BCUT2D eigenvalue weighted by molar-refractivity contribution is -0.139. The largest absolute Gasteiger partial charge is 0.497 e. The van der Waals surface area contributed by atoms with Crippen LogP contribution in [0.1, 0.15) is 50.2 Å². The molecule has 5 nitrogen and oxygen atoms in total. The van der Waals surface area contributed by atoms with Gasteiger partial charge in [-0.2, -0.15) is 0 Å². The van der Waals surface area contributed by atoms with E-state index in [0.717, 1.165) is 41.9 Å². The van der Waals surface area contributed by atoms with Crippen LogP contribution in [0, 0.1) is 6.92 Å². The van der Waals surface area contributed by atoms with E-state index in [1.165, 1.54) is 17.3 Å². The molecular formula is C26H34N2O3S. The fourth-order valence-corrected chi connectivity index (χ4v) is 4.90. The van der Waals surface area contributed by atoms with Gasteiger partial charge in [0, 0.05) is 17.5 Å². The van der Waals surface area contributed by atoms with Gasteiger partial charge in [0.15, 0.2) is 0 Å². The number of rotatable bonds is 10. The molecule has 0 radical (unpaired) electrons. The van der Waals surface area contributed by atoms with E-state index in [2.05, 4.69) is 5.32 Å². The van der Waals surface area contributed by atoms with Gasteiger partial charge in [-0.15, -0.1) is 11.8 Å². The number of nitrogens with zero attached hydrogens (tertiary/aromatic N) is 1. The summed E-state index contributed by atoms with van der Waals surface area (Å²) in [5.41, 5.74) is 2.14. The molecule has 1 saturated carbocycles. The minimum Gasteiger partial charge on any atom is -0.497 e. The third-order valence-corrected chi connectivity index (χ3v) is 6.95. The normalized spacial score (nSPS) is 14.7. The third kappa shape index (κ3) is 6.76. The van der Waals surface area contributed by atoms with E-state index < -0.39 is 6.04 Å². The van der Waals surface area contributed by atoms with Crippen molar-refractivity contribution >= 4 is 23.6 Å². The first-order valence-corrected chi connectivity index (χ1v) is 12.4. The number of aryl methyl sites for hydroxylation is 1. The summed E-state index contributed by atoms with van der Waals surface area (Å²) in [7, 11) is 1.63. The molecule has 2 aromatic rings. The van der Waals surface area contributed by atoms with Crippen molar-refractivity contribution in [3.63, 3.8) is 0 Å². The van der Waals surface area contributed by atoms with E-state index in [-0.39, 0.29) is 17.9 Å². The van der Waals surface area contributed by atoms with Gasteiger partial charge in [-0.05, 0) is 56.0 Å². The molecule has 172 valence electrons. The van der Waals surface area contributed by atoms with E-state index in [1.54, 1.807) is 12.0 Å². The summed E-state index contributed by atoms with van der Waals surface area (Å²) in [6.07, 6.45) is 4.93. The van der Waals surface area contributed by atoms with Gasteiger partial charge in [0.05, 0.1) is 12.9 Å². The molecule has 3 rings (SSSR count). The van der Waals surface area contributed by atoms with Crippen LogP contribution in [0.5, 0.6) is 5.75 Å². The van der Waals surface area contributed by atoms with E-state index >= 15 is 0 Å². The van der Waals surface area contributed by atoms with Crippen molar-refractivity contribution in [1.82, 2.24) is 10.2 Å². The number of methoxy groups -OCH3 is 1. The minimum absolute atomic E-state index is 0.0354. The Morgan fingerprint density at radius 1 is 1.16 bits per heavy atom. The highest BCUT2D eigenvalue weighted by molar-refractivity contribution is 8.00. The first-order chi connectivity index (χ1) is 15.5. The first-order valence-electron chi connectivity index (χ1n) is 11.4. The quantitative estimate of drug-likeness (QED) is 0.516. The number of carbonyl (C=O) groups is 2. The lowest BCUT2D eigenvalue weighted by atomic mass is 10.1. The van der Waals surface area contributed by atoms with Crippen molar-refractivity contribution in [2.24, 2.45) is 0 Å². The maximum atomic E-state index is 13.4. The summed E-state index contributed by atoms with van der Waals surface area (Å²) >= 11 is 1.51. The fraction of sp³-hybridized carbons (Fsp3) is 0.462. The van der Waals surface area contributed by atoms with Gasteiger partial charge in [0.2, 0.25) is 11.8 Å². The Labute approximate surface area is 195 Å². The van der Waals surface area contributed by atoms with E-state index in [0.29, 0.717) is 18.7 Å². The Morgan fingerprint density at radius 3 is 2.53 bits per heavy atom. The van der Waals surface area contributed by atoms with Crippen LogP contribution in [-0.4, -0.2) is 41.7 Å². The van der Waals surface area contributed by atoms with Gasteiger partial charge in [0.1, 0.15) is 11.8 Å². The minimum atomic E-state index is -0.493. The molecule has 0 aromatic heterocycles. The lowest BCUT2D eigenvalue weighted by Gasteiger charge is -2.31. The van der Waals surface area contributed by atoms with Gasteiger partial charge in [-0.3, -0.25) is 9.59 Å². The van der Waals surface area contributed by atoms with Gasteiger partial charge < -0.3 is 15.0 Å². The van der Waals surface area contributed by atoms with Crippen LogP contribution in [0.2, 0.25) is 0 Å². The summed E-state index contributed by atoms with van der Waals surface area (Å²) in [5.74, 6) is 0.954. The van der Waals surface area contributed by atoms with Crippen LogP contribution < -0.4 is 10.1 Å². The summed E-state index contributed by atoms with van der Waals surface area (Å²) in [5, 5.41) is 3.19. The van der Waals surface area contributed by atoms with E-state index in [1.807, 2.05) is 62.4 Å². The highest BCUT2D eigenvalue weighted by atomic mass is 32.2. The number of thioether (sulfide) groups is 1. The lowest BCUT2D eigenvalue weighted by Crippen LogP contribution is -2.51. The molecule has 0 aliphatic heterocycles. The van der Waals surface area contributed by atoms with Crippen molar-refractivity contribution in [2.45, 2.75) is 69.5 Å². The van der Waals surface area contributed by atoms with Crippen LogP contribution >= 0.6 is 11.8 Å². The zero-order chi connectivity index (χ0) is 22.9. The van der Waals surface area contributed by atoms with Crippen LogP contribution in [0.25, 0.3) is 0 Å². The zero-order valence-corrected chi connectivity index (χ0v) is 20.1. The first kappa shape index (κ1) is 24.2. The average Bonchev–Trinajstić information content (AvgIpc) is 3.31. The molecule has 0 saturated heterocycles. The molecule has 0 bridgehead atoms. The molecule has 0 spiro atoms. The second-order valence-electron chi connectivity index (χ2n) is 8.39. The third-order valence-electron chi connectivity index (χ3n) is 5.96. The standard InChI is InChI=1S/C26H34N2O3S/c1-4-24(26(30)27-21-9-5-6-10-21)28(17-20-8-7-11-22(16-20)31-3)25(29)18-32-23-14-12-19(2)13-15-23/h7-8,11-16,21,24H,4-6,9-10,17-18H2,1-3H3,(H,27,30). The number of amides is 2. The molecule has 2 aromatic carbocycles. The number of hydrogen-bond acceptors (Lipinski definition) is 4. The van der Waals surface area contributed by atoms with E-state index in [4.69, 9.17) is 4.74 Å². The number of carbonyl (C=O) groups excluding carboxylic acids is 2. The van der Waals surface area contributed by atoms with Crippen molar-refractivity contribution in [3.8, 4) is 5.75 Å². The maximum absolute atomic E-state index is 13.4. The number of hydrogen-bond donors (Lipinski definition) is 1. The van der Waals surface area contributed by atoms with Crippen molar-refractivity contribution in [2.75, 3.05) is 12.9 Å². The van der Waals surface area contributed by atoms with Crippen molar-refractivity contribution in [1.29, 1.82) is 0 Å². The monoisotopic (exact) mass is 454 g/mol. The molecule has 6 heteroatoms. The van der Waals surface area contributed by atoms with Gasteiger partial charge in [-0.1, -0.05) is 49.6 Å². The molecule has 1 aliphatic rings. The number of benzene rings is 2. The molecular weight excluding hydrogens is 420 g/mol. The predicted molar refractivity (Wildman–Crippen MR) is 130 cm³/mol. The summed E-state index contributed by atoms with van der Waals surface area (Å²) < 4.78 is 5.35. The summed E-state index contributed by atoms with van der Waals surface area (Å²) in [6, 6.07) is 15.6. The summed E-state index contributed by atoms with van der Waals surface area (Å²) in [4.78, 5) is 29.3. The Balaban J connectivity index is 1.76. The Kier molecular flexibility index (Phi) is 9.03. The second-order valence-corrected chi connectivity index (χ2v) is 9.44. The number of ether oxygens (including phenoxy) is 1. The summed E-state index contributed by atoms with van der Waals surface area (Å²) in [6.45, 7) is 4.39. The molecule has 1 unspecified atom stereocenters. The molecule has 2 amide bonds. The predicted octanol–water partition coefficient (Wildman–Crippen LogP) is 4.96. The van der Waals surface area contributed by atoms with Crippen LogP contribution in [-0.2, 0) is 16.1 Å². The molecule has 1 N–H and O–H groups in total. The highest BCUT2D eigenvalue weighted by Gasteiger charge is 2.30. The van der Waals surface area contributed by atoms with Crippen molar-refractivity contribution in [3.05, 3.63) is 59.7 Å². The smallest absolute Gasteiger partial charge is 0.243 e. The van der Waals surface area contributed by atoms with Crippen LogP contribution in [0.15, 0.2) is 53.4 Å².